The monoisotopic (exact) mass is 213 g/mol. The van der Waals surface area contributed by atoms with Gasteiger partial charge in [-0.1, -0.05) is 34.3 Å². The van der Waals surface area contributed by atoms with Crippen molar-refractivity contribution in [3.8, 4) is 0 Å². The summed E-state index contributed by atoms with van der Waals surface area (Å²) in [5.74, 6) is 0. The molecule has 0 aliphatic carbocycles. The lowest BCUT2D eigenvalue weighted by Crippen LogP contribution is -1.67. The number of nitrogens with two attached hydrogens (primary N) is 1. The fraction of sp³-hybridized carbons (Fsp3) is 0.778. The third-order valence-electron chi connectivity index (χ3n) is 0. The van der Waals surface area contributed by atoms with E-state index in [4.69, 9.17) is 0 Å². The summed E-state index contributed by atoms with van der Waals surface area (Å²) >= 11 is 5.28. The van der Waals surface area contributed by atoms with Crippen LogP contribution in [0.2, 0.25) is 0 Å². The molecule has 80 valence electrons. The number of thiol groups is 1. The van der Waals surface area contributed by atoms with Crippen LogP contribution in [0.25, 0.3) is 0 Å². The summed E-state index contributed by atoms with van der Waals surface area (Å²) < 4.78 is 0. The predicted octanol–water partition coefficient (Wildman–Crippen LogP) is 3.67. The van der Waals surface area contributed by atoms with Crippen LogP contribution in [0.4, 0.5) is 0 Å². The maximum absolute atomic E-state index is 4.61. The Bertz CT molecular complexity index is 26.5. The van der Waals surface area contributed by atoms with Crippen LogP contribution in [-0.2, 0) is 0 Å². The molecule has 0 aliphatic rings. The zero-order chi connectivity index (χ0) is 11.4. The minimum atomic E-state index is 1.25. The molecule has 0 radical (unpaired) electrons. The van der Waals surface area contributed by atoms with Crippen LogP contribution in [0.1, 0.15) is 27.7 Å². The van der Waals surface area contributed by atoms with Gasteiger partial charge in [0.05, 0.1) is 0 Å². The van der Waals surface area contributed by atoms with Gasteiger partial charge in [-0.3, -0.25) is 0 Å². The van der Waals surface area contributed by atoms with E-state index in [1.165, 1.54) is 6.20 Å². The van der Waals surface area contributed by atoms with Crippen molar-refractivity contribution >= 4 is 24.4 Å². The highest BCUT2D eigenvalue weighted by molar-refractivity contribution is 7.97. The van der Waals surface area contributed by atoms with Crippen LogP contribution in [-0.4, -0.2) is 18.8 Å². The molecule has 1 nitrogen and oxygen atoms in total. The third kappa shape index (κ3) is 15200. The Labute approximate surface area is 89.6 Å². The lowest BCUT2D eigenvalue weighted by atomic mass is 11.0. The van der Waals surface area contributed by atoms with Gasteiger partial charge >= 0.3 is 0 Å². The Kier molecular flexibility index (Phi) is 577. The minimum Gasteiger partial charge on any atom is -0.405 e. The van der Waals surface area contributed by atoms with Crippen molar-refractivity contribution < 1.29 is 0 Å². The van der Waals surface area contributed by atoms with Crippen molar-refractivity contribution in [3.05, 3.63) is 12.8 Å². The Balaban J connectivity index is -0.0000000174. The molecule has 0 atom stereocenters. The van der Waals surface area contributed by atoms with E-state index in [9.17, 15) is 0 Å². The molecule has 0 saturated heterocycles. The van der Waals surface area contributed by atoms with Crippen molar-refractivity contribution in [1.82, 2.24) is 0 Å². The first-order valence-electron chi connectivity index (χ1n) is 4.01. The molecule has 0 saturated carbocycles. The van der Waals surface area contributed by atoms with Crippen molar-refractivity contribution in [1.29, 1.82) is 0 Å². The molecule has 0 heterocycles. The fourth-order valence-corrected chi connectivity index (χ4v) is 0. The topological polar surface area (TPSA) is 26.0 Å². The molecule has 0 unspecified atom stereocenters. The van der Waals surface area contributed by atoms with E-state index in [1.54, 1.807) is 18.0 Å². The molecule has 0 bridgehead atoms. The van der Waals surface area contributed by atoms with Crippen LogP contribution in [0.3, 0.4) is 0 Å². The molecule has 0 rings (SSSR count). The fourth-order valence-electron chi connectivity index (χ4n) is 0. The van der Waals surface area contributed by atoms with Gasteiger partial charge in [-0.25, -0.2) is 0 Å². The summed E-state index contributed by atoms with van der Waals surface area (Å²) in [5, 5.41) is 0. The quantitative estimate of drug-likeness (QED) is 0.601. The number of hydrogen-bond donors (Lipinski definition) is 2. The second kappa shape index (κ2) is 235. The summed E-state index contributed by atoms with van der Waals surface area (Å²) in [6.07, 6.45) is 7.03. The van der Waals surface area contributed by atoms with Gasteiger partial charge in [-0.15, -0.1) is 0 Å². The maximum atomic E-state index is 4.61. The molecular formula is C9H27NS2. The first kappa shape index (κ1) is 29.5. The number of hydrogen-bond acceptors (Lipinski definition) is 3. The van der Waals surface area contributed by atoms with Gasteiger partial charge in [0.1, 0.15) is 0 Å². The molecule has 0 aliphatic heterocycles. The van der Waals surface area contributed by atoms with Crippen LogP contribution in [0, 0.1) is 0 Å². The maximum Gasteiger partial charge on any atom is -0.0136 e. The molecule has 0 amide bonds. The average Bonchev–Trinajstić information content (AvgIpc) is 2.16. The smallest absolute Gasteiger partial charge is 0.0136 e. The molecule has 0 spiro atoms. The first-order chi connectivity index (χ1) is 5.83. The summed E-state index contributed by atoms with van der Waals surface area (Å²) in [6.45, 7) is 11.1. The highest BCUT2D eigenvalue weighted by Gasteiger charge is 1.32. The van der Waals surface area contributed by atoms with Crippen LogP contribution in [0.5, 0.6) is 0 Å². The molecular weight excluding hydrogens is 186 g/mol. The lowest BCUT2D eigenvalue weighted by molar-refractivity contribution is 1.50. The summed E-state index contributed by atoms with van der Waals surface area (Å²) in [6, 6.07) is 0. The van der Waals surface area contributed by atoms with Crippen LogP contribution >= 0.6 is 24.4 Å². The Morgan fingerprint density at radius 1 is 1.08 bits per heavy atom. The Morgan fingerprint density at radius 2 is 1.08 bits per heavy atom. The van der Waals surface area contributed by atoms with Crippen molar-refractivity contribution in [2.24, 2.45) is 5.73 Å². The zero-order valence-electron chi connectivity index (χ0n) is 9.72. The third-order valence-corrected chi connectivity index (χ3v) is 0. The summed E-state index contributed by atoms with van der Waals surface area (Å²) in [5.41, 5.74) is 4.61. The molecule has 0 aromatic heterocycles. The van der Waals surface area contributed by atoms with E-state index in [-0.39, 0.29) is 0 Å². The van der Waals surface area contributed by atoms with Gasteiger partial charge in [-0.05, 0) is 25.0 Å². The molecule has 0 aromatic carbocycles. The second-order valence-corrected chi connectivity index (χ2v) is 1.46. The number of thioether (sulfide) groups is 1. The molecule has 3 heteroatoms. The lowest BCUT2D eigenvalue weighted by Gasteiger charge is -1.51. The number of rotatable bonds is 0. The van der Waals surface area contributed by atoms with E-state index >= 15 is 0 Å². The van der Waals surface area contributed by atoms with E-state index in [1.807, 2.05) is 40.2 Å². The highest BCUT2D eigenvalue weighted by atomic mass is 32.2. The summed E-state index contributed by atoms with van der Waals surface area (Å²) in [7, 11) is 0. The Hall–Kier alpha value is 0.240. The first-order valence-corrected chi connectivity index (χ1v) is 6.53. The van der Waals surface area contributed by atoms with Gasteiger partial charge in [-0.2, -0.15) is 24.4 Å². The average molecular weight is 213 g/mol. The van der Waals surface area contributed by atoms with Gasteiger partial charge in [0, 0.05) is 0 Å². The van der Waals surface area contributed by atoms with Gasteiger partial charge < -0.3 is 5.73 Å². The second-order valence-electron chi connectivity index (χ2n) is 0.644. The van der Waals surface area contributed by atoms with E-state index in [2.05, 4.69) is 24.9 Å². The van der Waals surface area contributed by atoms with Crippen LogP contribution in [0.15, 0.2) is 12.8 Å². The van der Waals surface area contributed by atoms with Crippen LogP contribution < -0.4 is 5.73 Å². The van der Waals surface area contributed by atoms with Gasteiger partial charge in [0.15, 0.2) is 0 Å². The normalized spacial score (nSPS) is 4.00. The summed E-state index contributed by atoms with van der Waals surface area (Å²) in [4.78, 5) is 0. The zero-order valence-corrected chi connectivity index (χ0v) is 11.4. The molecule has 0 aromatic rings. The highest BCUT2D eigenvalue weighted by Crippen LogP contribution is 1.70. The predicted molar refractivity (Wildman–Crippen MR) is 71.4 cm³/mol. The van der Waals surface area contributed by atoms with E-state index < -0.39 is 0 Å². The SMILES string of the molecule is C=CN.CC.CC.CS.CSC. The van der Waals surface area contributed by atoms with E-state index in [0.717, 1.165) is 0 Å². The van der Waals surface area contributed by atoms with Gasteiger partial charge in [0.25, 0.3) is 0 Å². The molecule has 12 heavy (non-hydrogen) atoms. The van der Waals surface area contributed by atoms with Gasteiger partial charge in [0.2, 0.25) is 0 Å². The molecule has 2 N–H and O–H groups in total. The molecule has 0 fully saturated rings. The largest absolute Gasteiger partial charge is 0.405 e. The van der Waals surface area contributed by atoms with Crippen molar-refractivity contribution in [2.45, 2.75) is 27.7 Å². The Morgan fingerprint density at radius 3 is 1.08 bits per heavy atom. The van der Waals surface area contributed by atoms with E-state index in [0.29, 0.717) is 0 Å². The van der Waals surface area contributed by atoms with Crippen molar-refractivity contribution in [2.75, 3.05) is 18.8 Å². The minimum absolute atomic E-state index is 1.25. The standard InChI is InChI=1S/C2H5N.C2H6S.2C2H6.CH4S/c1-2-3;1-3-2;3*1-2/h2H,1,3H2;1-2H3;2*1-2H3;2H,1H3. The van der Waals surface area contributed by atoms with Crippen molar-refractivity contribution in [3.63, 3.8) is 0 Å².